The van der Waals surface area contributed by atoms with Crippen LogP contribution in [0.15, 0.2) is 12.1 Å². The number of halogens is 3. The van der Waals surface area contributed by atoms with Crippen LogP contribution in [0, 0.1) is 13.8 Å². The third kappa shape index (κ3) is 2.98. The van der Waals surface area contributed by atoms with Gasteiger partial charge in [-0.25, -0.2) is 4.98 Å². The molecule has 0 aliphatic heterocycles. The fraction of sp³-hybridized carbons (Fsp3) is 0.455. The largest absolute Gasteiger partial charge is 0.415 e. The highest BCUT2D eigenvalue weighted by molar-refractivity contribution is 5.97. The van der Waals surface area contributed by atoms with Crippen LogP contribution in [0.3, 0.4) is 0 Å². The van der Waals surface area contributed by atoms with E-state index in [2.05, 4.69) is 10.3 Å². The Bertz CT molecular complexity index is 449. The molecular formula is C11H14F3N3O. The van der Waals surface area contributed by atoms with E-state index >= 15 is 0 Å². The number of nitrogens with two attached hydrogens (primary N) is 1. The molecule has 1 heterocycles. The molecule has 1 aromatic rings. The van der Waals surface area contributed by atoms with Gasteiger partial charge in [0.1, 0.15) is 5.82 Å². The van der Waals surface area contributed by atoms with Crippen molar-refractivity contribution in [2.24, 2.45) is 5.73 Å². The Kier molecular flexibility index (Phi) is 3.66. The molecule has 18 heavy (non-hydrogen) atoms. The maximum absolute atomic E-state index is 12.5. The first-order valence-corrected chi connectivity index (χ1v) is 5.16. The lowest BCUT2D eigenvalue weighted by Gasteiger charge is -2.25. The van der Waals surface area contributed by atoms with Gasteiger partial charge >= 0.3 is 6.18 Å². The maximum atomic E-state index is 12.5. The van der Waals surface area contributed by atoms with Gasteiger partial charge in [-0.3, -0.25) is 4.79 Å². The number of aromatic nitrogens is 1. The van der Waals surface area contributed by atoms with E-state index in [1.807, 2.05) is 0 Å². The molecule has 0 spiro atoms. The first kappa shape index (κ1) is 14.4. The standard InChI is InChI=1S/C11H14F3N3O/c1-6-4-7(2)16-8(5-6)17-9(18)10(3,15)11(12,13)14/h4-5H,15H2,1-3H3,(H,16,17,18). The molecule has 0 bridgehead atoms. The summed E-state index contributed by atoms with van der Waals surface area (Å²) >= 11 is 0. The third-order valence-corrected chi connectivity index (χ3v) is 2.40. The highest BCUT2D eigenvalue weighted by Crippen LogP contribution is 2.28. The van der Waals surface area contributed by atoms with Gasteiger partial charge in [-0.15, -0.1) is 0 Å². The van der Waals surface area contributed by atoms with Crippen LogP contribution in [-0.2, 0) is 4.79 Å². The van der Waals surface area contributed by atoms with E-state index in [0.717, 1.165) is 5.56 Å². The van der Waals surface area contributed by atoms with Crippen LogP contribution in [0.5, 0.6) is 0 Å². The molecule has 3 N–H and O–H groups in total. The lowest BCUT2D eigenvalue weighted by Crippen LogP contribution is -2.59. The molecule has 1 amide bonds. The summed E-state index contributed by atoms with van der Waals surface area (Å²) in [6.45, 7) is 4.04. The van der Waals surface area contributed by atoms with Crippen LogP contribution in [0.2, 0.25) is 0 Å². The van der Waals surface area contributed by atoms with Crippen LogP contribution in [0.25, 0.3) is 0 Å². The number of alkyl halides is 3. The highest BCUT2D eigenvalue weighted by Gasteiger charge is 2.54. The van der Waals surface area contributed by atoms with Crippen molar-refractivity contribution in [3.05, 3.63) is 23.4 Å². The van der Waals surface area contributed by atoms with Crippen molar-refractivity contribution >= 4 is 11.7 Å². The maximum Gasteiger partial charge on any atom is 0.415 e. The summed E-state index contributed by atoms with van der Waals surface area (Å²) in [4.78, 5) is 15.4. The van der Waals surface area contributed by atoms with Gasteiger partial charge in [0.15, 0.2) is 5.54 Å². The SMILES string of the molecule is Cc1cc(C)nc(NC(=O)C(C)(N)C(F)(F)F)c1. The number of carbonyl (C=O) groups is 1. The van der Waals surface area contributed by atoms with Crippen molar-refractivity contribution in [2.45, 2.75) is 32.5 Å². The first-order chi connectivity index (χ1) is 8.04. The Balaban J connectivity index is 2.95. The Morgan fingerprint density at radius 1 is 1.33 bits per heavy atom. The van der Waals surface area contributed by atoms with Gasteiger partial charge in [0.25, 0.3) is 5.91 Å². The number of hydrogen-bond donors (Lipinski definition) is 2. The van der Waals surface area contributed by atoms with Crippen LogP contribution < -0.4 is 11.1 Å². The van der Waals surface area contributed by atoms with Gasteiger partial charge in [0.05, 0.1) is 0 Å². The van der Waals surface area contributed by atoms with E-state index in [9.17, 15) is 18.0 Å². The second-order valence-corrected chi connectivity index (χ2v) is 4.33. The first-order valence-electron chi connectivity index (χ1n) is 5.16. The summed E-state index contributed by atoms with van der Waals surface area (Å²) < 4.78 is 37.6. The van der Waals surface area contributed by atoms with Crippen molar-refractivity contribution < 1.29 is 18.0 Å². The molecule has 0 aromatic carbocycles. The topological polar surface area (TPSA) is 68.0 Å². The summed E-state index contributed by atoms with van der Waals surface area (Å²) in [5, 5.41) is 2.08. The number of anilines is 1. The predicted octanol–water partition coefficient (Wildman–Crippen LogP) is 1.92. The van der Waals surface area contributed by atoms with Gasteiger partial charge in [0.2, 0.25) is 0 Å². The van der Waals surface area contributed by atoms with Crippen LogP contribution in [-0.4, -0.2) is 22.6 Å². The number of nitrogens with zero attached hydrogens (tertiary/aromatic N) is 1. The fourth-order valence-electron chi connectivity index (χ4n) is 1.28. The van der Waals surface area contributed by atoms with Crippen molar-refractivity contribution in [1.29, 1.82) is 0 Å². The lowest BCUT2D eigenvalue weighted by atomic mass is 10.0. The zero-order valence-electron chi connectivity index (χ0n) is 10.2. The molecule has 7 heteroatoms. The Morgan fingerprint density at radius 3 is 2.33 bits per heavy atom. The normalized spacial score (nSPS) is 15.1. The molecule has 1 atom stereocenters. The zero-order valence-corrected chi connectivity index (χ0v) is 10.2. The minimum absolute atomic E-state index is 0.0541. The van der Waals surface area contributed by atoms with Crippen LogP contribution in [0.1, 0.15) is 18.2 Å². The zero-order chi connectivity index (χ0) is 14.1. The van der Waals surface area contributed by atoms with Gasteiger partial charge in [-0.05, 0) is 38.5 Å². The van der Waals surface area contributed by atoms with Gasteiger partial charge < -0.3 is 11.1 Å². The molecule has 0 radical (unpaired) electrons. The molecule has 0 fully saturated rings. The second kappa shape index (κ2) is 4.56. The van der Waals surface area contributed by atoms with Gasteiger partial charge in [-0.1, -0.05) is 0 Å². The summed E-state index contributed by atoms with van der Waals surface area (Å²) in [5.41, 5.74) is 3.42. The number of carbonyl (C=O) groups excluding carboxylic acids is 1. The Morgan fingerprint density at radius 2 is 1.89 bits per heavy atom. The smallest absolute Gasteiger partial charge is 0.310 e. The second-order valence-electron chi connectivity index (χ2n) is 4.33. The Hall–Kier alpha value is -1.63. The van der Waals surface area contributed by atoms with E-state index in [4.69, 9.17) is 5.73 Å². The average molecular weight is 261 g/mol. The van der Waals surface area contributed by atoms with Gasteiger partial charge in [-0.2, -0.15) is 13.2 Å². The molecule has 4 nitrogen and oxygen atoms in total. The quantitative estimate of drug-likeness (QED) is 0.854. The summed E-state index contributed by atoms with van der Waals surface area (Å²) in [7, 11) is 0. The minimum atomic E-state index is -4.82. The van der Waals surface area contributed by atoms with Crippen molar-refractivity contribution in [3.8, 4) is 0 Å². The number of rotatable bonds is 2. The number of hydrogen-bond acceptors (Lipinski definition) is 3. The van der Waals surface area contributed by atoms with E-state index in [1.54, 1.807) is 19.9 Å². The third-order valence-electron chi connectivity index (χ3n) is 2.40. The fourth-order valence-corrected chi connectivity index (χ4v) is 1.28. The number of aryl methyl sites for hydroxylation is 2. The van der Waals surface area contributed by atoms with Gasteiger partial charge in [0, 0.05) is 5.69 Å². The van der Waals surface area contributed by atoms with Crippen molar-refractivity contribution in [1.82, 2.24) is 4.98 Å². The molecule has 1 unspecified atom stereocenters. The monoisotopic (exact) mass is 261 g/mol. The summed E-state index contributed by atoms with van der Waals surface area (Å²) in [6, 6.07) is 3.21. The molecule has 1 rings (SSSR count). The Labute approximate surface area is 102 Å². The van der Waals surface area contributed by atoms with Crippen LogP contribution in [0.4, 0.5) is 19.0 Å². The van der Waals surface area contributed by atoms with Crippen molar-refractivity contribution in [2.75, 3.05) is 5.32 Å². The summed E-state index contributed by atoms with van der Waals surface area (Å²) in [6.07, 6.45) is -4.82. The average Bonchev–Trinajstić information content (AvgIpc) is 2.13. The predicted molar refractivity (Wildman–Crippen MR) is 61.0 cm³/mol. The molecular weight excluding hydrogens is 247 g/mol. The molecule has 0 saturated heterocycles. The number of nitrogens with one attached hydrogen (secondary N) is 1. The van der Waals surface area contributed by atoms with Crippen LogP contribution >= 0.6 is 0 Å². The molecule has 100 valence electrons. The lowest BCUT2D eigenvalue weighted by molar-refractivity contribution is -0.184. The minimum Gasteiger partial charge on any atom is -0.310 e. The molecule has 0 saturated carbocycles. The molecule has 1 aromatic heterocycles. The van der Waals surface area contributed by atoms with E-state index in [0.29, 0.717) is 12.6 Å². The van der Waals surface area contributed by atoms with Crippen molar-refractivity contribution in [3.63, 3.8) is 0 Å². The number of amides is 1. The summed E-state index contributed by atoms with van der Waals surface area (Å²) in [5.74, 6) is -1.29. The van der Waals surface area contributed by atoms with E-state index in [-0.39, 0.29) is 5.82 Å². The molecule has 0 aliphatic rings. The number of pyridine rings is 1. The molecule has 0 aliphatic carbocycles. The van der Waals surface area contributed by atoms with E-state index in [1.165, 1.54) is 6.07 Å². The highest BCUT2D eigenvalue weighted by atomic mass is 19.4. The van der Waals surface area contributed by atoms with E-state index < -0.39 is 17.6 Å².